The maximum absolute atomic E-state index is 11.6. The van der Waals surface area contributed by atoms with Crippen molar-refractivity contribution in [3.8, 4) is 0 Å². The van der Waals surface area contributed by atoms with E-state index in [0.29, 0.717) is 12.3 Å². The molecule has 0 aromatic carbocycles. The monoisotopic (exact) mass is 330 g/mol. The predicted molar refractivity (Wildman–Crippen MR) is 83.2 cm³/mol. The number of thiophene rings is 1. The van der Waals surface area contributed by atoms with Crippen LogP contribution in [-0.2, 0) is 17.0 Å². The van der Waals surface area contributed by atoms with Crippen LogP contribution in [0.5, 0.6) is 0 Å². The molecule has 108 valence electrons. The van der Waals surface area contributed by atoms with E-state index in [2.05, 4.69) is 20.5 Å². The van der Waals surface area contributed by atoms with Gasteiger partial charge in [0, 0.05) is 23.6 Å². The smallest absolute Gasteiger partial charge is 0.230 e. The number of halogens is 1. The number of aromatic amines is 1. The SMILES string of the molecule is O=C(CSCc1ccc(Cl)s1)NCCCc1ncn[nH]1. The molecular weight excluding hydrogens is 316 g/mol. The third-order valence-electron chi connectivity index (χ3n) is 2.48. The number of aromatic nitrogens is 3. The van der Waals surface area contributed by atoms with Crippen LogP contribution in [0.4, 0.5) is 0 Å². The Morgan fingerprint density at radius 1 is 1.50 bits per heavy atom. The first kappa shape index (κ1) is 15.3. The summed E-state index contributed by atoms with van der Waals surface area (Å²) in [5, 5.41) is 9.46. The van der Waals surface area contributed by atoms with Crippen molar-refractivity contribution < 1.29 is 4.79 Å². The summed E-state index contributed by atoms with van der Waals surface area (Å²) < 4.78 is 0.789. The fourth-order valence-electron chi connectivity index (χ4n) is 1.56. The summed E-state index contributed by atoms with van der Waals surface area (Å²) in [5.41, 5.74) is 0. The first-order valence-electron chi connectivity index (χ1n) is 6.17. The molecule has 0 saturated heterocycles. The average Bonchev–Trinajstić information content (AvgIpc) is 3.06. The molecule has 8 heteroatoms. The lowest BCUT2D eigenvalue weighted by Crippen LogP contribution is -2.26. The van der Waals surface area contributed by atoms with Crippen LogP contribution in [0.25, 0.3) is 0 Å². The highest BCUT2D eigenvalue weighted by Crippen LogP contribution is 2.24. The second-order valence-electron chi connectivity index (χ2n) is 4.08. The van der Waals surface area contributed by atoms with Gasteiger partial charge in [0.05, 0.1) is 10.1 Å². The molecule has 0 atom stereocenters. The molecule has 5 nitrogen and oxygen atoms in total. The van der Waals surface area contributed by atoms with Crippen molar-refractivity contribution in [2.24, 2.45) is 0 Å². The number of carbonyl (C=O) groups excluding carboxylic acids is 1. The van der Waals surface area contributed by atoms with Gasteiger partial charge in [0.1, 0.15) is 12.2 Å². The van der Waals surface area contributed by atoms with Gasteiger partial charge in [0.2, 0.25) is 5.91 Å². The molecule has 1 amide bonds. The Labute approximate surface area is 130 Å². The molecule has 0 saturated carbocycles. The summed E-state index contributed by atoms with van der Waals surface area (Å²) in [6.45, 7) is 0.658. The third-order valence-corrected chi connectivity index (χ3v) is 4.88. The van der Waals surface area contributed by atoms with Crippen molar-refractivity contribution in [2.75, 3.05) is 12.3 Å². The Morgan fingerprint density at radius 3 is 3.10 bits per heavy atom. The number of nitrogens with one attached hydrogen (secondary N) is 2. The van der Waals surface area contributed by atoms with Crippen molar-refractivity contribution in [1.29, 1.82) is 0 Å². The molecule has 20 heavy (non-hydrogen) atoms. The second-order valence-corrected chi connectivity index (χ2v) is 6.87. The van der Waals surface area contributed by atoms with E-state index in [0.717, 1.165) is 28.8 Å². The number of nitrogens with zero attached hydrogens (tertiary/aromatic N) is 2. The molecule has 0 aliphatic carbocycles. The second kappa shape index (κ2) is 8.28. The van der Waals surface area contributed by atoms with E-state index in [1.54, 1.807) is 23.1 Å². The summed E-state index contributed by atoms with van der Waals surface area (Å²) >= 11 is 9.00. The zero-order valence-corrected chi connectivity index (χ0v) is 13.2. The highest BCUT2D eigenvalue weighted by molar-refractivity contribution is 7.99. The van der Waals surface area contributed by atoms with Crippen LogP contribution < -0.4 is 5.32 Å². The van der Waals surface area contributed by atoms with Crippen molar-refractivity contribution >= 4 is 40.6 Å². The lowest BCUT2D eigenvalue weighted by Gasteiger charge is -2.03. The number of thioether (sulfide) groups is 1. The van der Waals surface area contributed by atoms with Gasteiger partial charge in [-0.1, -0.05) is 11.6 Å². The minimum atomic E-state index is 0.0650. The van der Waals surface area contributed by atoms with Crippen LogP contribution in [0.15, 0.2) is 18.5 Å². The highest BCUT2D eigenvalue weighted by Gasteiger charge is 2.03. The van der Waals surface area contributed by atoms with Gasteiger partial charge in [-0.25, -0.2) is 4.98 Å². The number of carbonyl (C=O) groups is 1. The van der Waals surface area contributed by atoms with Crippen LogP contribution in [0.3, 0.4) is 0 Å². The number of aryl methyl sites for hydroxylation is 1. The predicted octanol–water partition coefficient (Wildman–Crippen LogP) is 2.50. The van der Waals surface area contributed by atoms with Gasteiger partial charge >= 0.3 is 0 Å². The van der Waals surface area contributed by atoms with E-state index in [1.807, 2.05) is 12.1 Å². The van der Waals surface area contributed by atoms with Gasteiger partial charge in [-0.05, 0) is 18.6 Å². The molecule has 0 fully saturated rings. The Morgan fingerprint density at radius 2 is 2.40 bits per heavy atom. The molecule has 2 rings (SSSR count). The van der Waals surface area contributed by atoms with Gasteiger partial charge in [0.25, 0.3) is 0 Å². The van der Waals surface area contributed by atoms with E-state index in [4.69, 9.17) is 11.6 Å². The van der Waals surface area contributed by atoms with E-state index >= 15 is 0 Å². The standard InChI is InChI=1S/C12H15ClN4OS2/c13-10-4-3-9(20-10)6-19-7-12(18)14-5-1-2-11-15-8-16-17-11/h3-4,8H,1-2,5-7H2,(H,14,18)(H,15,16,17). The van der Waals surface area contributed by atoms with Crippen LogP contribution in [-0.4, -0.2) is 33.4 Å². The van der Waals surface area contributed by atoms with Crippen LogP contribution >= 0.6 is 34.7 Å². The van der Waals surface area contributed by atoms with Crippen molar-refractivity contribution in [1.82, 2.24) is 20.5 Å². The van der Waals surface area contributed by atoms with Crippen LogP contribution in [0.2, 0.25) is 4.34 Å². The Kier molecular flexibility index (Phi) is 6.35. The molecule has 2 heterocycles. The van der Waals surface area contributed by atoms with Gasteiger partial charge in [-0.15, -0.1) is 23.1 Å². The van der Waals surface area contributed by atoms with Crippen LogP contribution in [0.1, 0.15) is 17.1 Å². The zero-order valence-electron chi connectivity index (χ0n) is 10.8. The average molecular weight is 331 g/mol. The van der Waals surface area contributed by atoms with Crippen molar-refractivity contribution in [3.05, 3.63) is 33.5 Å². The van der Waals surface area contributed by atoms with Crippen molar-refractivity contribution in [2.45, 2.75) is 18.6 Å². The van der Waals surface area contributed by atoms with Gasteiger partial charge in [-0.2, -0.15) is 5.10 Å². The Hall–Kier alpha value is -1.05. The highest BCUT2D eigenvalue weighted by atomic mass is 35.5. The van der Waals surface area contributed by atoms with Gasteiger partial charge in [-0.3, -0.25) is 9.89 Å². The summed E-state index contributed by atoms with van der Waals surface area (Å²) in [5.74, 6) is 2.21. The minimum absolute atomic E-state index is 0.0650. The normalized spacial score (nSPS) is 10.7. The topological polar surface area (TPSA) is 70.7 Å². The molecule has 0 aliphatic heterocycles. The van der Waals surface area contributed by atoms with E-state index in [9.17, 15) is 4.79 Å². The quantitative estimate of drug-likeness (QED) is 0.730. The molecule has 0 unspecified atom stereocenters. The summed E-state index contributed by atoms with van der Waals surface area (Å²) in [6, 6.07) is 3.88. The largest absolute Gasteiger partial charge is 0.355 e. The number of amides is 1. The molecule has 2 aromatic rings. The van der Waals surface area contributed by atoms with Gasteiger partial charge < -0.3 is 5.32 Å². The molecule has 0 spiro atoms. The zero-order chi connectivity index (χ0) is 14.2. The maximum atomic E-state index is 11.6. The van der Waals surface area contributed by atoms with E-state index < -0.39 is 0 Å². The number of H-pyrrole nitrogens is 1. The number of hydrogen-bond acceptors (Lipinski definition) is 5. The number of hydrogen-bond donors (Lipinski definition) is 2. The Bertz CT molecular complexity index is 529. The van der Waals surface area contributed by atoms with Crippen LogP contribution in [0, 0.1) is 0 Å². The van der Waals surface area contributed by atoms with Gasteiger partial charge in [0.15, 0.2) is 0 Å². The molecular formula is C12H15ClN4OS2. The first-order valence-corrected chi connectivity index (χ1v) is 8.52. The fourth-order valence-corrected chi connectivity index (χ4v) is 3.62. The molecule has 2 aromatic heterocycles. The fraction of sp³-hybridized carbons (Fsp3) is 0.417. The lowest BCUT2D eigenvalue weighted by molar-refractivity contribution is -0.118. The summed E-state index contributed by atoms with van der Waals surface area (Å²) in [4.78, 5) is 16.8. The third kappa shape index (κ3) is 5.52. The van der Waals surface area contributed by atoms with Crippen molar-refractivity contribution in [3.63, 3.8) is 0 Å². The maximum Gasteiger partial charge on any atom is 0.230 e. The molecule has 0 radical (unpaired) electrons. The first-order chi connectivity index (χ1) is 9.74. The van der Waals surface area contributed by atoms with E-state index in [-0.39, 0.29) is 5.91 Å². The summed E-state index contributed by atoms with van der Waals surface area (Å²) in [6.07, 6.45) is 3.13. The lowest BCUT2D eigenvalue weighted by atomic mass is 10.3. The number of rotatable bonds is 8. The molecule has 0 aliphatic rings. The molecule has 0 bridgehead atoms. The van der Waals surface area contributed by atoms with E-state index in [1.165, 1.54) is 11.2 Å². The Balaban J connectivity index is 1.52. The summed E-state index contributed by atoms with van der Waals surface area (Å²) in [7, 11) is 0. The minimum Gasteiger partial charge on any atom is -0.355 e. The molecule has 2 N–H and O–H groups in total.